The number of Topliss-reactive ketones (excluding diaryl/α,β-unsaturated/α-hetero) is 1. The first-order chi connectivity index (χ1) is 9.44. The van der Waals surface area contributed by atoms with Gasteiger partial charge >= 0.3 is 6.36 Å². The SMILES string of the molecule is O=C(CC1CCCCN1)c1ccc(OC(F)(F)F)cc1. The number of alkyl halides is 3. The summed E-state index contributed by atoms with van der Waals surface area (Å²) in [5.41, 5.74) is 0.409. The van der Waals surface area contributed by atoms with Crippen LogP contribution in [0.25, 0.3) is 0 Å². The number of rotatable bonds is 4. The fourth-order valence-corrected chi connectivity index (χ4v) is 2.28. The predicted molar refractivity (Wildman–Crippen MR) is 67.7 cm³/mol. The first kappa shape index (κ1) is 14.8. The molecule has 2 rings (SSSR count). The molecule has 1 aromatic rings. The van der Waals surface area contributed by atoms with Gasteiger partial charge in [0.05, 0.1) is 0 Å². The number of carbonyl (C=O) groups is 1. The molecule has 20 heavy (non-hydrogen) atoms. The zero-order valence-electron chi connectivity index (χ0n) is 10.9. The Labute approximate surface area is 115 Å². The lowest BCUT2D eigenvalue weighted by molar-refractivity contribution is -0.274. The molecule has 0 saturated carbocycles. The van der Waals surface area contributed by atoms with Crippen molar-refractivity contribution in [2.24, 2.45) is 0 Å². The molecule has 0 aliphatic carbocycles. The molecule has 1 aromatic carbocycles. The van der Waals surface area contributed by atoms with E-state index in [-0.39, 0.29) is 17.6 Å². The van der Waals surface area contributed by atoms with Crippen LogP contribution in [-0.2, 0) is 0 Å². The molecule has 1 fully saturated rings. The molecule has 0 amide bonds. The predicted octanol–water partition coefficient (Wildman–Crippen LogP) is 3.30. The molecule has 0 radical (unpaired) electrons. The van der Waals surface area contributed by atoms with Gasteiger partial charge in [0.25, 0.3) is 0 Å². The molecule has 1 atom stereocenters. The maximum Gasteiger partial charge on any atom is 0.573 e. The third-order valence-electron chi connectivity index (χ3n) is 3.25. The van der Waals surface area contributed by atoms with Crippen LogP contribution >= 0.6 is 0 Å². The zero-order chi connectivity index (χ0) is 14.6. The Bertz CT molecular complexity index is 450. The molecule has 3 nitrogen and oxygen atoms in total. The summed E-state index contributed by atoms with van der Waals surface area (Å²) in [5, 5.41) is 3.27. The maximum absolute atomic E-state index is 12.0. The van der Waals surface area contributed by atoms with Crippen LogP contribution in [0.1, 0.15) is 36.0 Å². The van der Waals surface area contributed by atoms with E-state index in [9.17, 15) is 18.0 Å². The van der Waals surface area contributed by atoms with Gasteiger partial charge in [0, 0.05) is 18.0 Å². The average molecular weight is 287 g/mol. The van der Waals surface area contributed by atoms with E-state index in [1.807, 2.05) is 0 Å². The molecule has 1 unspecified atom stereocenters. The second kappa shape index (κ2) is 6.26. The summed E-state index contributed by atoms with van der Waals surface area (Å²) in [7, 11) is 0. The topological polar surface area (TPSA) is 38.3 Å². The van der Waals surface area contributed by atoms with Crippen molar-refractivity contribution in [1.29, 1.82) is 0 Å². The fourth-order valence-electron chi connectivity index (χ4n) is 2.28. The lowest BCUT2D eigenvalue weighted by atomic mass is 9.97. The number of hydrogen-bond donors (Lipinski definition) is 1. The minimum Gasteiger partial charge on any atom is -0.406 e. The van der Waals surface area contributed by atoms with Gasteiger partial charge in [-0.25, -0.2) is 0 Å². The molecule has 110 valence electrons. The van der Waals surface area contributed by atoms with Crippen LogP contribution in [0.15, 0.2) is 24.3 Å². The molecule has 0 aromatic heterocycles. The Balaban J connectivity index is 1.93. The van der Waals surface area contributed by atoms with Crippen LogP contribution in [-0.4, -0.2) is 24.7 Å². The monoisotopic (exact) mass is 287 g/mol. The van der Waals surface area contributed by atoms with E-state index >= 15 is 0 Å². The smallest absolute Gasteiger partial charge is 0.406 e. The first-order valence-corrected chi connectivity index (χ1v) is 6.56. The summed E-state index contributed by atoms with van der Waals surface area (Å²) in [5.74, 6) is -0.382. The Morgan fingerprint density at radius 2 is 1.95 bits per heavy atom. The summed E-state index contributed by atoms with van der Waals surface area (Å²) in [4.78, 5) is 12.0. The standard InChI is InChI=1S/C14H16F3NO2/c15-14(16,17)20-12-6-4-10(5-7-12)13(19)9-11-3-1-2-8-18-11/h4-7,11,18H,1-3,8-9H2. The highest BCUT2D eigenvalue weighted by Gasteiger charge is 2.31. The molecule has 1 aliphatic heterocycles. The van der Waals surface area contributed by atoms with Crippen LogP contribution in [0, 0.1) is 0 Å². The van der Waals surface area contributed by atoms with Crippen LogP contribution in [0.5, 0.6) is 5.75 Å². The highest BCUT2D eigenvalue weighted by molar-refractivity contribution is 5.96. The van der Waals surface area contributed by atoms with Gasteiger partial charge in [-0.05, 0) is 43.7 Å². The van der Waals surface area contributed by atoms with Crippen molar-refractivity contribution in [3.05, 3.63) is 29.8 Å². The number of benzene rings is 1. The van der Waals surface area contributed by atoms with Crippen molar-refractivity contribution in [3.8, 4) is 5.75 Å². The molecular weight excluding hydrogens is 271 g/mol. The fraction of sp³-hybridized carbons (Fsp3) is 0.500. The summed E-state index contributed by atoms with van der Waals surface area (Å²) >= 11 is 0. The largest absolute Gasteiger partial charge is 0.573 e. The zero-order valence-corrected chi connectivity index (χ0v) is 10.9. The number of nitrogens with one attached hydrogen (secondary N) is 1. The van der Waals surface area contributed by atoms with Crippen molar-refractivity contribution in [3.63, 3.8) is 0 Å². The molecule has 0 spiro atoms. The van der Waals surface area contributed by atoms with Crippen molar-refractivity contribution >= 4 is 5.78 Å². The van der Waals surface area contributed by atoms with Gasteiger partial charge in [-0.2, -0.15) is 0 Å². The molecule has 1 aliphatic rings. The second-order valence-electron chi connectivity index (χ2n) is 4.85. The van der Waals surface area contributed by atoms with Crippen molar-refractivity contribution in [1.82, 2.24) is 5.32 Å². The number of hydrogen-bond acceptors (Lipinski definition) is 3. The summed E-state index contributed by atoms with van der Waals surface area (Å²) in [6.07, 6.45) is -1.16. The summed E-state index contributed by atoms with van der Waals surface area (Å²) in [6, 6.07) is 5.23. The number of halogens is 3. The van der Waals surface area contributed by atoms with Crippen LogP contribution in [0.4, 0.5) is 13.2 Å². The maximum atomic E-state index is 12.0. The second-order valence-corrected chi connectivity index (χ2v) is 4.85. The summed E-state index contributed by atoms with van der Waals surface area (Å²) < 4.78 is 39.8. The number of ketones is 1. The molecule has 1 heterocycles. The Hall–Kier alpha value is -1.56. The Kier molecular flexibility index (Phi) is 4.65. The van der Waals surface area contributed by atoms with Crippen LogP contribution in [0.2, 0.25) is 0 Å². The van der Waals surface area contributed by atoms with E-state index in [1.54, 1.807) is 0 Å². The van der Waals surface area contributed by atoms with E-state index < -0.39 is 6.36 Å². The highest BCUT2D eigenvalue weighted by Crippen LogP contribution is 2.23. The molecular formula is C14H16F3NO2. The Morgan fingerprint density at radius 3 is 2.50 bits per heavy atom. The third-order valence-corrected chi connectivity index (χ3v) is 3.25. The van der Waals surface area contributed by atoms with Crippen molar-refractivity contribution in [2.75, 3.05) is 6.54 Å². The van der Waals surface area contributed by atoms with Gasteiger partial charge in [0.15, 0.2) is 5.78 Å². The average Bonchev–Trinajstić information content (AvgIpc) is 2.39. The number of carbonyl (C=O) groups excluding carboxylic acids is 1. The van der Waals surface area contributed by atoms with E-state index in [0.29, 0.717) is 12.0 Å². The van der Waals surface area contributed by atoms with Gasteiger partial charge in [-0.3, -0.25) is 4.79 Å². The van der Waals surface area contributed by atoms with E-state index in [1.165, 1.54) is 12.1 Å². The number of piperidine rings is 1. The van der Waals surface area contributed by atoms with E-state index in [0.717, 1.165) is 37.9 Å². The van der Waals surface area contributed by atoms with E-state index in [2.05, 4.69) is 10.1 Å². The summed E-state index contributed by atoms with van der Waals surface area (Å²) in [6.45, 7) is 0.913. The van der Waals surface area contributed by atoms with Gasteiger partial charge in [0.1, 0.15) is 5.75 Å². The minimum atomic E-state index is -4.71. The van der Waals surface area contributed by atoms with Gasteiger partial charge in [0.2, 0.25) is 0 Å². The molecule has 0 bridgehead atoms. The number of ether oxygens (including phenoxy) is 1. The quantitative estimate of drug-likeness (QED) is 0.863. The van der Waals surface area contributed by atoms with Gasteiger partial charge < -0.3 is 10.1 Å². The molecule has 1 saturated heterocycles. The van der Waals surface area contributed by atoms with Crippen LogP contribution in [0.3, 0.4) is 0 Å². The Morgan fingerprint density at radius 1 is 1.25 bits per heavy atom. The van der Waals surface area contributed by atoms with Gasteiger partial charge in [-0.1, -0.05) is 6.42 Å². The first-order valence-electron chi connectivity index (χ1n) is 6.56. The normalized spacial score (nSPS) is 19.6. The third kappa shape index (κ3) is 4.52. The lowest BCUT2D eigenvalue weighted by Gasteiger charge is -2.22. The van der Waals surface area contributed by atoms with E-state index in [4.69, 9.17) is 0 Å². The lowest BCUT2D eigenvalue weighted by Crippen LogP contribution is -2.35. The highest BCUT2D eigenvalue weighted by atomic mass is 19.4. The van der Waals surface area contributed by atoms with Crippen LogP contribution < -0.4 is 10.1 Å². The van der Waals surface area contributed by atoms with Gasteiger partial charge in [-0.15, -0.1) is 13.2 Å². The minimum absolute atomic E-state index is 0.0667. The van der Waals surface area contributed by atoms with Crippen molar-refractivity contribution in [2.45, 2.75) is 38.1 Å². The molecule has 1 N–H and O–H groups in total. The molecule has 6 heteroatoms. The van der Waals surface area contributed by atoms with Crippen molar-refractivity contribution < 1.29 is 22.7 Å².